The summed E-state index contributed by atoms with van der Waals surface area (Å²) in [6, 6.07) is 5.51. The minimum atomic E-state index is -0.555. The zero-order chi connectivity index (χ0) is 21.5. The number of nitrogens with zero attached hydrogens (tertiary/aromatic N) is 2. The lowest BCUT2D eigenvalue weighted by atomic mass is 9.89. The SMILES string of the molecule is Cc1cscc1C1CCN(Cc2ccc3c(c2)CN(C2CCC(=O)NC2=O)C3=O)CC1. The lowest BCUT2D eigenvalue weighted by Crippen LogP contribution is -2.52. The van der Waals surface area contributed by atoms with Crippen LogP contribution in [0.1, 0.15) is 64.2 Å². The molecule has 1 unspecified atom stereocenters. The third-order valence-electron chi connectivity index (χ3n) is 6.92. The Morgan fingerprint density at radius 1 is 1.10 bits per heavy atom. The van der Waals surface area contributed by atoms with E-state index in [1.165, 1.54) is 29.5 Å². The highest BCUT2D eigenvalue weighted by Gasteiger charge is 2.39. The Labute approximate surface area is 186 Å². The fourth-order valence-electron chi connectivity index (χ4n) is 5.17. The number of likely N-dealkylation sites (tertiary alicyclic amines) is 1. The first-order valence-corrected chi connectivity index (χ1v) is 12.0. The van der Waals surface area contributed by atoms with Crippen molar-refractivity contribution < 1.29 is 14.4 Å². The molecule has 162 valence electrons. The zero-order valence-corrected chi connectivity index (χ0v) is 18.5. The van der Waals surface area contributed by atoms with Crippen LogP contribution in [0.2, 0.25) is 0 Å². The maximum atomic E-state index is 12.9. The molecule has 0 radical (unpaired) electrons. The predicted molar refractivity (Wildman–Crippen MR) is 119 cm³/mol. The Balaban J connectivity index is 1.22. The van der Waals surface area contributed by atoms with E-state index in [-0.39, 0.29) is 24.1 Å². The van der Waals surface area contributed by atoms with Crippen molar-refractivity contribution in [2.45, 2.75) is 57.7 Å². The average Bonchev–Trinajstić information content (AvgIpc) is 3.32. The van der Waals surface area contributed by atoms with E-state index in [0.29, 0.717) is 24.4 Å². The van der Waals surface area contributed by atoms with Crippen molar-refractivity contribution in [1.29, 1.82) is 0 Å². The molecule has 6 nitrogen and oxygen atoms in total. The van der Waals surface area contributed by atoms with Crippen molar-refractivity contribution in [1.82, 2.24) is 15.1 Å². The van der Waals surface area contributed by atoms with Crippen molar-refractivity contribution in [3.63, 3.8) is 0 Å². The van der Waals surface area contributed by atoms with Gasteiger partial charge in [-0.25, -0.2) is 0 Å². The predicted octanol–water partition coefficient (Wildman–Crippen LogP) is 3.20. The van der Waals surface area contributed by atoms with E-state index >= 15 is 0 Å². The van der Waals surface area contributed by atoms with Gasteiger partial charge in [0.1, 0.15) is 6.04 Å². The summed E-state index contributed by atoms with van der Waals surface area (Å²) in [6.07, 6.45) is 3.05. The van der Waals surface area contributed by atoms with Crippen LogP contribution in [0.4, 0.5) is 0 Å². The van der Waals surface area contributed by atoms with Gasteiger partial charge in [0.25, 0.3) is 5.91 Å². The first-order valence-electron chi connectivity index (χ1n) is 11.0. The number of fused-ring (bicyclic) bond motifs is 1. The summed E-state index contributed by atoms with van der Waals surface area (Å²) < 4.78 is 0. The molecule has 3 amide bonds. The Morgan fingerprint density at radius 3 is 2.61 bits per heavy atom. The van der Waals surface area contributed by atoms with Gasteiger partial charge in [-0.15, -0.1) is 0 Å². The number of hydrogen-bond acceptors (Lipinski definition) is 5. The van der Waals surface area contributed by atoms with E-state index in [9.17, 15) is 14.4 Å². The second-order valence-electron chi connectivity index (χ2n) is 8.95. The molecule has 1 aromatic carbocycles. The number of piperidine rings is 2. The number of carbonyl (C=O) groups excluding carboxylic acids is 3. The maximum absolute atomic E-state index is 12.9. The van der Waals surface area contributed by atoms with Crippen LogP contribution in [0.15, 0.2) is 29.0 Å². The Bertz CT molecular complexity index is 1040. The highest BCUT2D eigenvalue weighted by molar-refractivity contribution is 7.08. The number of hydrogen-bond donors (Lipinski definition) is 1. The number of aryl methyl sites for hydroxylation is 1. The standard InChI is InChI=1S/C24H27N3O3S/c1-15-13-31-14-20(15)17-6-8-26(9-7-17)11-16-2-3-19-18(10-16)12-27(24(19)30)21-4-5-22(28)25-23(21)29/h2-3,10,13-14,17,21H,4-9,11-12H2,1H3,(H,25,28,29). The van der Waals surface area contributed by atoms with Gasteiger partial charge in [0.15, 0.2) is 0 Å². The molecule has 4 heterocycles. The molecule has 2 fully saturated rings. The first-order chi connectivity index (χ1) is 15.0. The molecule has 7 heteroatoms. The summed E-state index contributed by atoms with van der Waals surface area (Å²) in [6.45, 7) is 5.70. The number of thiophene rings is 1. The van der Waals surface area contributed by atoms with Crippen molar-refractivity contribution in [3.8, 4) is 0 Å². The summed E-state index contributed by atoms with van der Waals surface area (Å²) in [4.78, 5) is 40.6. The maximum Gasteiger partial charge on any atom is 0.255 e. The van der Waals surface area contributed by atoms with Crippen molar-refractivity contribution in [2.24, 2.45) is 0 Å². The normalized spacial score (nSPS) is 22.7. The van der Waals surface area contributed by atoms with Gasteiger partial charge in [-0.2, -0.15) is 11.3 Å². The largest absolute Gasteiger partial charge is 0.322 e. The molecule has 1 aromatic heterocycles. The summed E-state index contributed by atoms with van der Waals surface area (Å²) in [5, 5.41) is 6.91. The van der Waals surface area contributed by atoms with Crippen LogP contribution < -0.4 is 5.32 Å². The van der Waals surface area contributed by atoms with Crippen molar-refractivity contribution in [3.05, 3.63) is 56.8 Å². The molecule has 2 aromatic rings. The summed E-state index contributed by atoms with van der Waals surface area (Å²) >= 11 is 1.80. The molecule has 0 spiro atoms. The minimum Gasteiger partial charge on any atom is -0.322 e. The van der Waals surface area contributed by atoms with E-state index in [4.69, 9.17) is 0 Å². The van der Waals surface area contributed by atoms with Crippen molar-refractivity contribution >= 4 is 29.1 Å². The van der Waals surface area contributed by atoms with Crippen LogP contribution in [0.5, 0.6) is 0 Å². The van der Waals surface area contributed by atoms with E-state index in [1.807, 2.05) is 12.1 Å². The van der Waals surface area contributed by atoms with E-state index in [0.717, 1.165) is 25.2 Å². The lowest BCUT2D eigenvalue weighted by molar-refractivity contribution is -0.136. The molecule has 0 aliphatic carbocycles. The molecular formula is C24H27N3O3S. The van der Waals surface area contributed by atoms with Crippen LogP contribution in [-0.4, -0.2) is 46.7 Å². The van der Waals surface area contributed by atoms with Gasteiger partial charge in [-0.1, -0.05) is 12.1 Å². The number of benzene rings is 1. The van der Waals surface area contributed by atoms with E-state index < -0.39 is 6.04 Å². The molecule has 0 saturated carbocycles. The Morgan fingerprint density at radius 2 is 1.90 bits per heavy atom. The van der Waals surface area contributed by atoms with Crippen LogP contribution in [0.25, 0.3) is 0 Å². The molecule has 1 N–H and O–H groups in total. The molecule has 1 atom stereocenters. The van der Waals surface area contributed by atoms with Gasteiger partial charge in [-0.05, 0) is 84.3 Å². The third-order valence-corrected chi connectivity index (χ3v) is 7.80. The highest BCUT2D eigenvalue weighted by atomic mass is 32.1. The number of rotatable bonds is 4. The number of imide groups is 1. The zero-order valence-electron chi connectivity index (χ0n) is 17.7. The lowest BCUT2D eigenvalue weighted by Gasteiger charge is -2.32. The Kier molecular flexibility index (Phi) is 5.40. The van der Waals surface area contributed by atoms with Crippen LogP contribution in [-0.2, 0) is 22.7 Å². The summed E-state index contributed by atoms with van der Waals surface area (Å²) in [7, 11) is 0. The molecule has 31 heavy (non-hydrogen) atoms. The molecule has 3 aliphatic rings. The number of amides is 3. The fourth-order valence-corrected chi connectivity index (χ4v) is 6.11. The molecule has 3 aliphatic heterocycles. The second kappa shape index (κ2) is 8.20. The van der Waals surface area contributed by atoms with Gasteiger partial charge in [0.05, 0.1) is 0 Å². The summed E-state index contributed by atoms with van der Waals surface area (Å²) in [5.74, 6) is -0.0581. The van der Waals surface area contributed by atoms with Gasteiger partial charge < -0.3 is 4.90 Å². The van der Waals surface area contributed by atoms with Crippen LogP contribution >= 0.6 is 11.3 Å². The molecule has 0 bridgehead atoms. The highest BCUT2D eigenvalue weighted by Crippen LogP contribution is 2.33. The van der Waals surface area contributed by atoms with Crippen LogP contribution in [0.3, 0.4) is 0 Å². The van der Waals surface area contributed by atoms with Crippen LogP contribution in [0, 0.1) is 6.92 Å². The smallest absolute Gasteiger partial charge is 0.255 e. The fraction of sp³-hybridized carbons (Fsp3) is 0.458. The number of carbonyl (C=O) groups is 3. The number of nitrogens with one attached hydrogen (secondary N) is 1. The average molecular weight is 438 g/mol. The molecular weight excluding hydrogens is 410 g/mol. The van der Waals surface area contributed by atoms with Gasteiger partial charge >= 0.3 is 0 Å². The quantitative estimate of drug-likeness (QED) is 0.746. The minimum absolute atomic E-state index is 0.108. The monoisotopic (exact) mass is 437 g/mol. The molecule has 2 saturated heterocycles. The molecule has 5 rings (SSSR count). The Hall–Kier alpha value is -2.51. The first kappa shape index (κ1) is 20.4. The van der Waals surface area contributed by atoms with Gasteiger partial charge in [-0.3, -0.25) is 24.6 Å². The second-order valence-corrected chi connectivity index (χ2v) is 9.70. The van der Waals surface area contributed by atoms with Gasteiger partial charge in [0, 0.05) is 25.1 Å². The van der Waals surface area contributed by atoms with Crippen molar-refractivity contribution in [2.75, 3.05) is 13.1 Å². The third kappa shape index (κ3) is 3.92. The van der Waals surface area contributed by atoms with E-state index in [2.05, 4.69) is 34.0 Å². The summed E-state index contributed by atoms with van der Waals surface area (Å²) in [5.41, 5.74) is 5.82. The topological polar surface area (TPSA) is 69.7 Å². The van der Waals surface area contributed by atoms with E-state index in [1.54, 1.807) is 16.2 Å². The van der Waals surface area contributed by atoms with Gasteiger partial charge in [0.2, 0.25) is 11.8 Å².